The Morgan fingerprint density at radius 3 is 2.66 bits per heavy atom. The highest BCUT2D eigenvalue weighted by Gasteiger charge is 2.18. The summed E-state index contributed by atoms with van der Waals surface area (Å²) < 4.78 is 18.6. The number of nitrogens with one attached hydrogen (secondary N) is 1. The minimum absolute atomic E-state index is 0.0752. The fraction of sp³-hybridized carbons (Fsp3) is 0.273. The van der Waals surface area contributed by atoms with Crippen molar-refractivity contribution in [3.63, 3.8) is 0 Å². The van der Waals surface area contributed by atoms with Gasteiger partial charge in [0.1, 0.15) is 11.5 Å². The Labute approximate surface area is 168 Å². The molecule has 150 valence electrons. The number of piperazine rings is 1. The van der Waals surface area contributed by atoms with Crippen LogP contribution in [0.15, 0.2) is 59.1 Å². The van der Waals surface area contributed by atoms with Crippen molar-refractivity contribution in [1.29, 1.82) is 0 Å². The molecule has 0 bridgehead atoms. The number of aromatic nitrogens is 1. The van der Waals surface area contributed by atoms with Gasteiger partial charge in [-0.25, -0.2) is 4.39 Å². The summed E-state index contributed by atoms with van der Waals surface area (Å²) in [4.78, 5) is 17.3. The van der Waals surface area contributed by atoms with Gasteiger partial charge >= 0.3 is 0 Å². The maximum atomic E-state index is 13.4. The van der Waals surface area contributed by atoms with Gasteiger partial charge < -0.3 is 19.6 Å². The van der Waals surface area contributed by atoms with Crippen molar-refractivity contribution >= 4 is 17.3 Å². The lowest BCUT2D eigenvalue weighted by Crippen LogP contribution is -2.46. The summed E-state index contributed by atoms with van der Waals surface area (Å²) in [5.74, 6) is -0.688. The van der Waals surface area contributed by atoms with E-state index >= 15 is 0 Å². The first-order valence-corrected chi connectivity index (χ1v) is 9.74. The van der Waals surface area contributed by atoms with Crippen molar-refractivity contribution < 1.29 is 13.7 Å². The van der Waals surface area contributed by atoms with Crippen LogP contribution in [0.25, 0.3) is 11.3 Å². The van der Waals surface area contributed by atoms with Crippen LogP contribution in [0.5, 0.6) is 0 Å². The minimum Gasteiger partial charge on any atom is -0.369 e. The molecule has 0 saturated carbocycles. The molecule has 1 aromatic heterocycles. The molecule has 1 amide bonds. The van der Waals surface area contributed by atoms with Gasteiger partial charge in [0, 0.05) is 49.2 Å². The van der Waals surface area contributed by atoms with E-state index in [1.54, 1.807) is 12.1 Å². The monoisotopic (exact) mass is 394 g/mol. The van der Waals surface area contributed by atoms with Crippen LogP contribution in [0.3, 0.4) is 0 Å². The molecule has 0 unspecified atom stereocenters. The van der Waals surface area contributed by atoms with E-state index in [-0.39, 0.29) is 11.6 Å². The largest absolute Gasteiger partial charge is 0.369 e. The highest BCUT2D eigenvalue weighted by Crippen LogP contribution is 2.23. The Morgan fingerprint density at radius 2 is 1.90 bits per heavy atom. The summed E-state index contributed by atoms with van der Waals surface area (Å²) in [6, 6.07) is 15.3. The van der Waals surface area contributed by atoms with Gasteiger partial charge in [-0.1, -0.05) is 30.3 Å². The minimum atomic E-state index is -0.395. The second-order valence-electron chi connectivity index (χ2n) is 7.01. The van der Waals surface area contributed by atoms with E-state index in [4.69, 9.17) is 4.52 Å². The topological polar surface area (TPSA) is 61.6 Å². The van der Waals surface area contributed by atoms with Crippen LogP contribution in [0, 0.1) is 5.82 Å². The van der Waals surface area contributed by atoms with Crippen molar-refractivity contribution in [3.8, 4) is 11.3 Å². The number of amides is 1. The van der Waals surface area contributed by atoms with Crippen molar-refractivity contribution in [2.45, 2.75) is 6.92 Å². The lowest BCUT2D eigenvalue weighted by molar-refractivity contribution is 0.0988. The Hall–Kier alpha value is -3.19. The summed E-state index contributed by atoms with van der Waals surface area (Å²) >= 11 is 0. The molecule has 2 heterocycles. The number of anilines is 2. The summed E-state index contributed by atoms with van der Waals surface area (Å²) in [5, 5.41) is 6.73. The first-order valence-electron chi connectivity index (χ1n) is 9.74. The van der Waals surface area contributed by atoms with Gasteiger partial charge in [0.05, 0.1) is 0 Å². The molecule has 1 fully saturated rings. The molecule has 29 heavy (non-hydrogen) atoms. The smallest absolute Gasteiger partial charge is 0.294 e. The molecule has 1 saturated heterocycles. The first kappa shape index (κ1) is 19.1. The summed E-state index contributed by atoms with van der Waals surface area (Å²) in [6.45, 7) is 7.24. The number of carbonyl (C=O) groups is 1. The van der Waals surface area contributed by atoms with Gasteiger partial charge in [-0.3, -0.25) is 4.79 Å². The van der Waals surface area contributed by atoms with E-state index in [0.717, 1.165) is 38.4 Å². The number of likely N-dealkylation sites (N-methyl/N-ethyl adjacent to an activating group) is 1. The molecular formula is C22H23FN4O2. The average Bonchev–Trinajstić information content (AvgIpc) is 3.25. The molecule has 4 rings (SSSR count). The number of benzene rings is 2. The fourth-order valence-electron chi connectivity index (χ4n) is 3.46. The normalized spacial score (nSPS) is 14.8. The molecule has 3 aromatic rings. The van der Waals surface area contributed by atoms with Crippen LogP contribution < -0.4 is 10.2 Å². The van der Waals surface area contributed by atoms with Crippen molar-refractivity contribution in [1.82, 2.24) is 10.1 Å². The molecule has 1 aliphatic heterocycles. The van der Waals surface area contributed by atoms with Crippen LogP contribution in [-0.2, 0) is 0 Å². The summed E-state index contributed by atoms with van der Waals surface area (Å²) in [7, 11) is 0. The van der Waals surface area contributed by atoms with E-state index < -0.39 is 5.91 Å². The maximum absolute atomic E-state index is 13.4. The predicted octanol–water partition coefficient (Wildman–Crippen LogP) is 3.87. The Morgan fingerprint density at radius 1 is 1.10 bits per heavy atom. The Kier molecular flexibility index (Phi) is 5.57. The second-order valence-corrected chi connectivity index (χ2v) is 7.01. The molecule has 0 radical (unpaired) electrons. The zero-order valence-electron chi connectivity index (χ0n) is 16.3. The van der Waals surface area contributed by atoms with E-state index in [1.807, 2.05) is 24.3 Å². The van der Waals surface area contributed by atoms with Crippen LogP contribution in [0.1, 0.15) is 17.5 Å². The van der Waals surface area contributed by atoms with Crippen LogP contribution in [0.2, 0.25) is 0 Å². The lowest BCUT2D eigenvalue weighted by atomic mass is 10.1. The predicted molar refractivity (Wildman–Crippen MR) is 111 cm³/mol. The Bertz CT molecular complexity index is 996. The number of hydrogen-bond acceptors (Lipinski definition) is 5. The third-order valence-electron chi connectivity index (χ3n) is 5.14. The third-order valence-corrected chi connectivity index (χ3v) is 5.14. The maximum Gasteiger partial charge on any atom is 0.294 e. The number of hydrogen-bond donors (Lipinski definition) is 1. The van der Waals surface area contributed by atoms with Gasteiger partial charge in [0.25, 0.3) is 5.91 Å². The number of halogens is 1. The zero-order chi connectivity index (χ0) is 20.2. The number of nitrogens with zero attached hydrogens (tertiary/aromatic N) is 3. The molecule has 2 aromatic carbocycles. The molecule has 6 nitrogen and oxygen atoms in total. The fourth-order valence-corrected chi connectivity index (χ4v) is 3.46. The summed E-state index contributed by atoms with van der Waals surface area (Å²) in [6.07, 6.45) is 0. The zero-order valence-corrected chi connectivity index (χ0v) is 16.3. The van der Waals surface area contributed by atoms with E-state index in [1.165, 1.54) is 18.2 Å². The number of rotatable bonds is 5. The quantitative estimate of drug-likeness (QED) is 0.712. The molecule has 0 aliphatic carbocycles. The SMILES string of the molecule is CCN1CCN(c2cccc(NC(=O)c3cc(-c4cccc(F)c4)no3)c2)CC1. The van der Waals surface area contributed by atoms with Gasteiger partial charge in [-0.05, 0) is 36.9 Å². The van der Waals surface area contributed by atoms with Gasteiger partial charge in [-0.2, -0.15) is 0 Å². The molecule has 1 N–H and O–H groups in total. The van der Waals surface area contributed by atoms with E-state index in [9.17, 15) is 9.18 Å². The van der Waals surface area contributed by atoms with Crippen LogP contribution in [0.4, 0.5) is 15.8 Å². The van der Waals surface area contributed by atoms with Crippen LogP contribution in [-0.4, -0.2) is 48.7 Å². The highest BCUT2D eigenvalue weighted by molar-refractivity contribution is 6.03. The second kappa shape index (κ2) is 8.45. The van der Waals surface area contributed by atoms with Crippen molar-refractivity contribution in [2.24, 2.45) is 0 Å². The van der Waals surface area contributed by atoms with E-state index in [2.05, 4.69) is 27.2 Å². The third kappa shape index (κ3) is 4.46. The first-order chi connectivity index (χ1) is 14.1. The van der Waals surface area contributed by atoms with Crippen molar-refractivity contribution in [3.05, 3.63) is 66.2 Å². The summed E-state index contributed by atoms with van der Waals surface area (Å²) in [5.41, 5.74) is 2.74. The van der Waals surface area contributed by atoms with Gasteiger partial charge in [0.15, 0.2) is 0 Å². The standard InChI is InChI=1S/C22H23FN4O2/c1-2-26-9-11-27(12-10-26)19-8-4-7-18(14-19)24-22(28)21-15-20(25-29-21)16-5-3-6-17(23)13-16/h3-8,13-15H,2,9-12H2,1H3,(H,24,28). The number of carbonyl (C=O) groups excluding carboxylic acids is 1. The molecule has 0 spiro atoms. The van der Waals surface area contributed by atoms with Crippen LogP contribution >= 0.6 is 0 Å². The molecule has 7 heteroatoms. The van der Waals surface area contributed by atoms with E-state index in [0.29, 0.717) is 16.9 Å². The molecular weight excluding hydrogens is 371 g/mol. The highest BCUT2D eigenvalue weighted by atomic mass is 19.1. The van der Waals surface area contributed by atoms with Crippen molar-refractivity contribution in [2.75, 3.05) is 42.9 Å². The average molecular weight is 394 g/mol. The van der Waals surface area contributed by atoms with Gasteiger partial charge in [0.2, 0.25) is 5.76 Å². The molecule has 1 aliphatic rings. The van der Waals surface area contributed by atoms with Gasteiger partial charge in [-0.15, -0.1) is 0 Å². The molecule has 0 atom stereocenters. The lowest BCUT2D eigenvalue weighted by Gasteiger charge is -2.35. The Balaban J connectivity index is 1.44.